The molecule has 1 aromatic heterocycles. The van der Waals surface area contributed by atoms with Crippen LogP contribution in [0.25, 0.3) is 11.0 Å². The second kappa shape index (κ2) is 8.74. The van der Waals surface area contributed by atoms with Gasteiger partial charge in [0.1, 0.15) is 11.9 Å². The molecule has 2 heterocycles. The predicted molar refractivity (Wildman–Crippen MR) is 121 cm³/mol. The van der Waals surface area contributed by atoms with Crippen molar-refractivity contribution in [2.75, 3.05) is 26.3 Å². The maximum Gasteiger partial charge on any atom is 0.250 e. The second-order valence-electron chi connectivity index (χ2n) is 7.80. The molecular weight excluding hydrogens is 386 g/mol. The molecule has 1 saturated heterocycles. The van der Waals surface area contributed by atoms with Crippen molar-refractivity contribution in [3.8, 4) is 0 Å². The molecular formula is C26H25N3O2. The van der Waals surface area contributed by atoms with Gasteiger partial charge in [0, 0.05) is 19.5 Å². The van der Waals surface area contributed by atoms with E-state index in [1.54, 1.807) is 0 Å². The minimum Gasteiger partial charge on any atom is -0.378 e. The number of hydrogen-bond acceptors (Lipinski definition) is 3. The lowest BCUT2D eigenvalue weighted by Crippen LogP contribution is -2.44. The molecule has 4 aromatic rings. The third kappa shape index (κ3) is 3.97. The first-order valence-corrected chi connectivity index (χ1v) is 10.7. The van der Waals surface area contributed by atoms with Crippen molar-refractivity contribution in [1.29, 1.82) is 0 Å². The standard InChI is InChI=1S/C26H25N3O2/c30-26(28-15-17-31-18-16-28)25(21-11-5-2-6-12-21)29-23-14-8-7-13-22(23)27-24(29)19-20-9-3-1-4-10-20/h1-14,25H,15-19H2/t25-/m0/s1. The Hall–Kier alpha value is -3.44. The summed E-state index contributed by atoms with van der Waals surface area (Å²) in [6.07, 6.45) is 0.662. The second-order valence-corrected chi connectivity index (χ2v) is 7.80. The summed E-state index contributed by atoms with van der Waals surface area (Å²) in [4.78, 5) is 20.7. The van der Waals surface area contributed by atoms with Crippen LogP contribution in [0.4, 0.5) is 0 Å². The smallest absolute Gasteiger partial charge is 0.250 e. The molecule has 3 aromatic carbocycles. The molecule has 0 N–H and O–H groups in total. The Labute approximate surface area is 181 Å². The molecule has 0 saturated carbocycles. The Kier molecular flexibility index (Phi) is 5.50. The third-order valence-corrected chi connectivity index (χ3v) is 5.80. The zero-order valence-corrected chi connectivity index (χ0v) is 17.4. The van der Waals surface area contributed by atoms with Crippen LogP contribution in [0.15, 0.2) is 84.9 Å². The Balaban J connectivity index is 1.67. The molecule has 5 heteroatoms. The van der Waals surface area contributed by atoms with Gasteiger partial charge in [-0.15, -0.1) is 0 Å². The molecule has 1 aliphatic rings. The maximum atomic E-state index is 13.9. The highest BCUT2D eigenvalue weighted by Gasteiger charge is 2.31. The topological polar surface area (TPSA) is 47.4 Å². The van der Waals surface area contributed by atoms with Gasteiger partial charge in [-0.2, -0.15) is 0 Å². The monoisotopic (exact) mass is 411 g/mol. The van der Waals surface area contributed by atoms with Crippen molar-refractivity contribution >= 4 is 16.9 Å². The number of imidazole rings is 1. The number of rotatable bonds is 5. The molecule has 5 nitrogen and oxygen atoms in total. The Morgan fingerprint density at radius 3 is 2.26 bits per heavy atom. The van der Waals surface area contributed by atoms with Crippen molar-refractivity contribution in [2.45, 2.75) is 12.5 Å². The van der Waals surface area contributed by atoms with Crippen molar-refractivity contribution < 1.29 is 9.53 Å². The van der Waals surface area contributed by atoms with Gasteiger partial charge >= 0.3 is 0 Å². The van der Waals surface area contributed by atoms with Crippen molar-refractivity contribution in [3.05, 3.63) is 102 Å². The molecule has 0 spiro atoms. The van der Waals surface area contributed by atoms with Crippen molar-refractivity contribution in [1.82, 2.24) is 14.5 Å². The predicted octanol–water partition coefficient (Wildman–Crippen LogP) is 4.08. The highest BCUT2D eigenvalue weighted by Crippen LogP contribution is 2.29. The molecule has 31 heavy (non-hydrogen) atoms. The van der Waals surface area contributed by atoms with Crippen LogP contribution in [0.3, 0.4) is 0 Å². The van der Waals surface area contributed by atoms with Crippen LogP contribution in [0.5, 0.6) is 0 Å². The minimum atomic E-state index is -0.467. The summed E-state index contributed by atoms with van der Waals surface area (Å²) in [5.74, 6) is 0.981. The molecule has 0 radical (unpaired) electrons. The van der Waals surface area contributed by atoms with E-state index in [1.165, 1.54) is 5.56 Å². The summed E-state index contributed by atoms with van der Waals surface area (Å²) in [6.45, 7) is 2.38. The fourth-order valence-corrected chi connectivity index (χ4v) is 4.28. The van der Waals surface area contributed by atoms with Crippen LogP contribution >= 0.6 is 0 Å². The van der Waals surface area contributed by atoms with Crippen LogP contribution in [-0.4, -0.2) is 46.7 Å². The summed E-state index contributed by atoms with van der Waals surface area (Å²) in [7, 11) is 0. The molecule has 1 aliphatic heterocycles. The summed E-state index contributed by atoms with van der Waals surface area (Å²) in [5.41, 5.74) is 4.02. The normalized spacial score (nSPS) is 15.2. The van der Waals surface area contributed by atoms with Gasteiger partial charge < -0.3 is 14.2 Å². The average molecular weight is 412 g/mol. The third-order valence-electron chi connectivity index (χ3n) is 5.80. The first kappa shape index (κ1) is 19.5. The number of fused-ring (bicyclic) bond motifs is 1. The lowest BCUT2D eigenvalue weighted by Gasteiger charge is -2.32. The Morgan fingerprint density at radius 1 is 0.871 bits per heavy atom. The van der Waals surface area contributed by atoms with Crippen LogP contribution < -0.4 is 0 Å². The number of morpholine rings is 1. The quantitative estimate of drug-likeness (QED) is 0.497. The fraction of sp³-hybridized carbons (Fsp3) is 0.231. The lowest BCUT2D eigenvalue weighted by molar-refractivity contribution is -0.137. The summed E-state index contributed by atoms with van der Waals surface area (Å²) < 4.78 is 7.62. The summed E-state index contributed by atoms with van der Waals surface area (Å²) in [6, 6.07) is 27.9. The highest BCUT2D eigenvalue weighted by atomic mass is 16.5. The SMILES string of the molecule is O=C([C@H](c1ccccc1)n1c(Cc2ccccc2)nc2ccccc21)N1CCOCC1. The van der Waals surface area contributed by atoms with Crippen molar-refractivity contribution in [3.63, 3.8) is 0 Å². The maximum absolute atomic E-state index is 13.9. The van der Waals surface area contributed by atoms with E-state index in [2.05, 4.69) is 22.8 Å². The van der Waals surface area contributed by atoms with Crippen LogP contribution in [0.2, 0.25) is 0 Å². The Bertz CT molecular complexity index is 1170. The number of carbonyl (C=O) groups is 1. The van der Waals surface area contributed by atoms with E-state index in [9.17, 15) is 4.79 Å². The van der Waals surface area contributed by atoms with Gasteiger partial charge in [-0.05, 0) is 23.3 Å². The summed E-state index contributed by atoms with van der Waals surface area (Å²) in [5, 5.41) is 0. The molecule has 0 unspecified atom stereocenters. The van der Waals surface area contributed by atoms with E-state index in [4.69, 9.17) is 9.72 Å². The lowest BCUT2D eigenvalue weighted by atomic mass is 10.0. The van der Waals surface area contributed by atoms with Gasteiger partial charge in [0.2, 0.25) is 0 Å². The Morgan fingerprint density at radius 2 is 1.52 bits per heavy atom. The zero-order valence-electron chi connectivity index (χ0n) is 17.4. The first-order valence-electron chi connectivity index (χ1n) is 10.7. The van der Waals surface area contributed by atoms with Gasteiger partial charge in [0.15, 0.2) is 0 Å². The molecule has 1 amide bonds. The number of para-hydroxylation sites is 2. The van der Waals surface area contributed by atoms with Gasteiger partial charge in [0.05, 0.1) is 24.2 Å². The van der Waals surface area contributed by atoms with Gasteiger partial charge in [-0.25, -0.2) is 4.98 Å². The molecule has 156 valence electrons. The zero-order chi connectivity index (χ0) is 21.0. The van der Waals surface area contributed by atoms with Crippen LogP contribution in [0, 0.1) is 0 Å². The van der Waals surface area contributed by atoms with E-state index in [-0.39, 0.29) is 5.91 Å². The molecule has 1 atom stereocenters. The molecule has 0 aliphatic carbocycles. The number of benzene rings is 3. The molecule has 1 fully saturated rings. The van der Waals surface area contributed by atoms with E-state index >= 15 is 0 Å². The minimum absolute atomic E-state index is 0.0898. The summed E-state index contributed by atoms with van der Waals surface area (Å²) >= 11 is 0. The number of aromatic nitrogens is 2. The largest absolute Gasteiger partial charge is 0.378 e. The van der Waals surface area contributed by atoms with E-state index in [0.717, 1.165) is 22.4 Å². The van der Waals surface area contributed by atoms with Gasteiger partial charge in [-0.1, -0.05) is 72.8 Å². The fourth-order valence-electron chi connectivity index (χ4n) is 4.28. The molecule has 0 bridgehead atoms. The van der Waals surface area contributed by atoms with Gasteiger partial charge in [-0.3, -0.25) is 4.79 Å². The van der Waals surface area contributed by atoms with Crippen LogP contribution in [0.1, 0.15) is 23.0 Å². The number of hydrogen-bond donors (Lipinski definition) is 0. The molecule has 5 rings (SSSR count). The van der Waals surface area contributed by atoms with E-state index < -0.39 is 6.04 Å². The number of amides is 1. The number of ether oxygens (including phenoxy) is 1. The van der Waals surface area contributed by atoms with Gasteiger partial charge in [0.25, 0.3) is 5.91 Å². The average Bonchev–Trinajstić information content (AvgIpc) is 3.19. The first-order chi connectivity index (χ1) is 15.3. The van der Waals surface area contributed by atoms with Crippen molar-refractivity contribution in [2.24, 2.45) is 0 Å². The highest BCUT2D eigenvalue weighted by molar-refractivity contribution is 5.87. The van der Waals surface area contributed by atoms with Crippen LogP contribution in [-0.2, 0) is 16.0 Å². The van der Waals surface area contributed by atoms with E-state index in [1.807, 2.05) is 71.6 Å². The van der Waals surface area contributed by atoms with E-state index in [0.29, 0.717) is 32.7 Å². The number of carbonyl (C=O) groups excluding carboxylic acids is 1. The number of nitrogens with zero attached hydrogens (tertiary/aromatic N) is 3.